The van der Waals surface area contributed by atoms with E-state index in [1.54, 1.807) is 15.9 Å². The molecule has 0 radical (unpaired) electrons. The molecular formula is C19H18N4O2. The van der Waals surface area contributed by atoms with E-state index in [0.29, 0.717) is 12.1 Å². The summed E-state index contributed by atoms with van der Waals surface area (Å²) in [6, 6.07) is 12.6. The summed E-state index contributed by atoms with van der Waals surface area (Å²) in [5, 5.41) is 8.79. The van der Waals surface area contributed by atoms with Gasteiger partial charge in [0.2, 0.25) is 5.91 Å². The van der Waals surface area contributed by atoms with Crippen molar-refractivity contribution in [1.29, 1.82) is 5.26 Å². The first-order chi connectivity index (χ1) is 12.0. The van der Waals surface area contributed by atoms with Gasteiger partial charge in [-0.05, 0) is 38.1 Å². The summed E-state index contributed by atoms with van der Waals surface area (Å²) in [7, 11) is 0. The van der Waals surface area contributed by atoms with Crippen LogP contribution in [0.15, 0.2) is 42.6 Å². The third-order valence-electron chi connectivity index (χ3n) is 4.32. The second-order valence-corrected chi connectivity index (χ2v) is 6.17. The minimum Gasteiger partial charge on any atom is -0.325 e. The molecule has 0 bridgehead atoms. The number of nitriles is 1. The zero-order valence-corrected chi connectivity index (χ0v) is 14.1. The molecule has 1 saturated heterocycles. The maximum atomic E-state index is 12.7. The fraction of sp³-hybridized carbons (Fsp3) is 0.263. The van der Waals surface area contributed by atoms with Gasteiger partial charge in [-0.3, -0.25) is 9.59 Å². The van der Waals surface area contributed by atoms with E-state index < -0.39 is 0 Å². The van der Waals surface area contributed by atoms with Gasteiger partial charge < -0.3 is 9.80 Å². The number of aromatic nitrogens is 1. The average Bonchev–Trinajstić information content (AvgIpc) is 2.63. The molecule has 1 atom stereocenters. The first-order valence-electron chi connectivity index (χ1n) is 8.04. The zero-order valence-electron chi connectivity index (χ0n) is 14.1. The van der Waals surface area contributed by atoms with Gasteiger partial charge in [0, 0.05) is 24.5 Å². The number of benzene rings is 1. The molecule has 1 aliphatic rings. The number of carbonyl (C=O) groups is 2. The van der Waals surface area contributed by atoms with Crippen LogP contribution in [-0.4, -0.2) is 40.8 Å². The minimum absolute atomic E-state index is 0.0217. The number of nitrogens with zero attached hydrogens (tertiary/aromatic N) is 4. The average molecular weight is 334 g/mol. The first-order valence-corrected chi connectivity index (χ1v) is 8.04. The predicted molar refractivity (Wildman–Crippen MR) is 93.0 cm³/mol. The van der Waals surface area contributed by atoms with Crippen molar-refractivity contribution in [2.75, 3.05) is 18.0 Å². The smallest absolute Gasteiger partial charge is 0.256 e. The van der Waals surface area contributed by atoms with Crippen LogP contribution in [0.3, 0.4) is 0 Å². The Hall–Kier alpha value is -3.20. The number of pyridine rings is 1. The molecule has 0 unspecified atom stereocenters. The molecule has 6 heteroatoms. The van der Waals surface area contributed by atoms with E-state index in [2.05, 4.69) is 4.98 Å². The molecule has 1 aromatic carbocycles. The van der Waals surface area contributed by atoms with Gasteiger partial charge in [-0.25, -0.2) is 4.98 Å². The third kappa shape index (κ3) is 3.36. The summed E-state index contributed by atoms with van der Waals surface area (Å²) >= 11 is 0. The third-order valence-corrected chi connectivity index (χ3v) is 4.32. The van der Waals surface area contributed by atoms with Crippen molar-refractivity contribution < 1.29 is 9.59 Å². The van der Waals surface area contributed by atoms with E-state index in [4.69, 9.17) is 5.26 Å². The summed E-state index contributed by atoms with van der Waals surface area (Å²) < 4.78 is 0. The molecule has 25 heavy (non-hydrogen) atoms. The van der Waals surface area contributed by atoms with Gasteiger partial charge in [-0.2, -0.15) is 5.26 Å². The fourth-order valence-corrected chi connectivity index (χ4v) is 2.85. The second kappa shape index (κ2) is 6.73. The molecule has 2 amide bonds. The maximum Gasteiger partial charge on any atom is 0.256 e. The highest BCUT2D eigenvalue weighted by atomic mass is 16.2. The van der Waals surface area contributed by atoms with Crippen LogP contribution < -0.4 is 4.90 Å². The van der Waals surface area contributed by atoms with Gasteiger partial charge in [0.25, 0.3) is 5.91 Å². The van der Waals surface area contributed by atoms with Crippen LogP contribution in [0.2, 0.25) is 0 Å². The van der Waals surface area contributed by atoms with E-state index in [-0.39, 0.29) is 30.1 Å². The fourth-order valence-electron chi connectivity index (χ4n) is 2.85. The summed E-state index contributed by atoms with van der Waals surface area (Å²) in [6.45, 7) is 4.38. The number of hydrogen-bond acceptors (Lipinski definition) is 4. The van der Waals surface area contributed by atoms with Crippen LogP contribution in [0.25, 0.3) is 0 Å². The van der Waals surface area contributed by atoms with Gasteiger partial charge >= 0.3 is 0 Å². The van der Waals surface area contributed by atoms with Crippen molar-refractivity contribution in [2.45, 2.75) is 19.9 Å². The number of aryl methyl sites for hydroxylation is 1. The lowest BCUT2D eigenvalue weighted by atomic mass is 10.1. The Labute approximate surface area is 146 Å². The molecule has 126 valence electrons. The number of rotatable bonds is 2. The number of hydrogen-bond donors (Lipinski definition) is 0. The molecule has 0 saturated carbocycles. The van der Waals surface area contributed by atoms with Crippen molar-refractivity contribution in [1.82, 2.24) is 9.88 Å². The van der Waals surface area contributed by atoms with Crippen molar-refractivity contribution in [3.05, 3.63) is 59.4 Å². The number of amides is 2. The molecule has 2 heterocycles. The van der Waals surface area contributed by atoms with Gasteiger partial charge in [-0.15, -0.1) is 0 Å². The topological polar surface area (TPSA) is 77.3 Å². The van der Waals surface area contributed by atoms with Gasteiger partial charge in [0.1, 0.15) is 18.3 Å². The first kappa shape index (κ1) is 16.7. The van der Waals surface area contributed by atoms with Gasteiger partial charge in [0.05, 0.1) is 5.56 Å². The Bertz CT molecular complexity index is 837. The summed E-state index contributed by atoms with van der Waals surface area (Å²) in [4.78, 5) is 32.4. The summed E-state index contributed by atoms with van der Waals surface area (Å²) in [5.74, 6) is -0.363. The normalized spacial score (nSPS) is 17.3. The van der Waals surface area contributed by atoms with Crippen molar-refractivity contribution >= 4 is 17.5 Å². The predicted octanol–water partition coefficient (Wildman–Crippen LogP) is 2.14. The molecule has 1 fully saturated rings. The van der Waals surface area contributed by atoms with Crippen LogP contribution in [-0.2, 0) is 4.79 Å². The van der Waals surface area contributed by atoms with E-state index in [1.165, 1.54) is 12.3 Å². The summed E-state index contributed by atoms with van der Waals surface area (Å²) in [6.07, 6.45) is 1.38. The van der Waals surface area contributed by atoms with Crippen molar-refractivity contribution in [2.24, 2.45) is 0 Å². The molecule has 1 aromatic heterocycles. The SMILES string of the molecule is Cc1ccc(N2C[C@@H](C)N(C(=O)c3ccc(C#N)nc3)CC2=O)cc1. The molecule has 6 nitrogen and oxygen atoms in total. The highest BCUT2D eigenvalue weighted by Gasteiger charge is 2.33. The molecule has 1 aliphatic heterocycles. The zero-order chi connectivity index (χ0) is 18.0. The molecule has 0 spiro atoms. The Morgan fingerprint density at radius 3 is 2.56 bits per heavy atom. The second-order valence-electron chi connectivity index (χ2n) is 6.17. The molecule has 2 aromatic rings. The number of piperazine rings is 1. The Kier molecular flexibility index (Phi) is 4.48. The Morgan fingerprint density at radius 1 is 1.24 bits per heavy atom. The van der Waals surface area contributed by atoms with Crippen LogP contribution >= 0.6 is 0 Å². The minimum atomic E-state index is -0.249. The lowest BCUT2D eigenvalue weighted by Crippen LogP contribution is -2.57. The van der Waals surface area contributed by atoms with Crippen LogP contribution in [0.5, 0.6) is 0 Å². The molecule has 0 N–H and O–H groups in total. The Balaban J connectivity index is 1.77. The quantitative estimate of drug-likeness (QED) is 0.843. The Morgan fingerprint density at radius 2 is 1.96 bits per heavy atom. The van der Waals surface area contributed by atoms with E-state index in [1.807, 2.05) is 44.2 Å². The monoisotopic (exact) mass is 334 g/mol. The van der Waals surface area contributed by atoms with Crippen molar-refractivity contribution in [3.63, 3.8) is 0 Å². The van der Waals surface area contributed by atoms with E-state index in [9.17, 15) is 9.59 Å². The molecule has 3 rings (SSSR count). The largest absolute Gasteiger partial charge is 0.325 e. The lowest BCUT2D eigenvalue weighted by molar-refractivity contribution is -0.121. The van der Waals surface area contributed by atoms with Crippen molar-refractivity contribution in [3.8, 4) is 6.07 Å². The van der Waals surface area contributed by atoms with Gasteiger partial charge in [0.15, 0.2) is 0 Å². The highest BCUT2D eigenvalue weighted by molar-refractivity contribution is 6.01. The summed E-state index contributed by atoms with van der Waals surface area (Å²) in [5.41, 5.74) is 2.60. The molecular weight excluding hydrogens is 316 g/mol. The van der Waals surface area contributed by atoms with E-state index in [0.717, 1.165) is 11.3 Å². The molecule has 0 aliphatic carbocycles. The standard InChI is InChI=1S/C19H18N4O2/c1-13-3-7-17(8-4-13)23-11-14(2)22(12-18(23)24)19(25)15-5-6-16(9-20)21-10-15/h3-8,10,14H,11-12H2,1-2H3/t14-/m1/s1. The van der Waals surface area contributed by atoms with Crippen LogP contribution in [0.4, 0.5) is 5.69 Å². The number of anilines is 1. The van der Waals surface area contributed by atoms with E-state index >= 15 is 0 Å². The number of carbonyl (C=O) groups excluding carboxylic acids is 2. The van der Waals surface area contributed by atoms with Gasteiger partial charge in [-0.1, -0.05) is 17.7 Å². The lowest BCUT2D eigenvalue weighted by Gasteiger charge is -2.39. The maximum absolute atomic E-state index is 12.7. The highest BCUT2D eigenvalue weighted by Crippen LogP contribution is 2.22. The van der Waals surface area contributed by atoms with Crippen LogP contribution in [0, 0.1) is 18.3 Å². The van der Waals surface area contributed by atoms with Crippen LogP contribution in [0.1, 0.15) is 28.5 Å².